The molecule has 2 rings (SSSR count). The van der Waals surface area contributed by atoms with E-state index in [0.717, 1.165) is 23.3 Å². The predicted molar refractivity (Wildman–Crippen MR) is 69.6 cm³/mol. The average molecular weight is 249 g/mol. The monoisotopic (exact) mass is 249 g/mol. The molecule has 0 spiro atoms. The Bertz CT molecular complexity index is 484. The molecule has 0 aliphatic rings. The first-order chi connectivity index (χ1) is 8.28. The number of hydrogen-bond donors (Lipinski definition) is 1. The molecular formula is C12H15N3OS. The minimum absolute atomic E-state index is 0.687. The van der Waals surface area contributed by atoms with Crippen LogP contribution < -0.4 is 10.1 Å². The summed E-state index contributed by atoms with van der Waals surface area (Å²) in [5.41, 5.74) is 1.17. The molecule has 0 bridgehead atoms. The van der Waals surface area contributed by atoms with E-state index in [0.29, 0.717) is 6.61 Å². The van der Waals surface area contributed by atoms with Crippen LogP contribution in [0.4, 0.5) is 5.13 Å². The molecule has 17 heavy (non-hydrogen) atoms. The van der Waals surface area contributed by atoms with Gasteiger partial charge < -0.3 is 10.1 Å². The molecule has 90 valence electrons. The van der Waals surface area contributed by atoms with Gasteiger partial charge in [-0.3, -0.25) is 0 Å². The molecule has 0 unspecified atom stereocenters. The summed E-state index contributed by atoms with van der Waals surface area (Å²) in [5.74, 6) is 1.71. The van der Waals surface area contributed by atoms with E-state index in [2.05, 4.69) is 20.7 Å². The smallest absolute Gasteiger partial charge is 0.202 e. The Morgan fingerprint density at radius 2 is 2.29 bits per heavy atom. The first-order valence-corrected chi connectivity index (χ1v) is 6.31. The maximum absolute atomic E-state index is 5.45. The lowest BCUT2D eigenvalue weighted by Gasteiger charge is -2.06. The van der Waals surface area contributed by atoms with Crippen LogP contribution in [0.15, 0.2) is 24.3 Å². The highest BCUT2D eigenvalue weighted by Crippen LogP contribution is 2.16. The number of aryl methyl sites for hydroxylation is 1. The van der Waals surface area contributed by atoms with Crippen LogP contribution in [0.1, 0.15) is 18.3 Å². The lowest BCUT2D eigenvalue weighted by molar-refractivity contribution is 0.340. The fraction of sp³-hybridized carbons (Fsp3) is 0.333. The molecule has 2 aromatic rings. The van der Waals surface area contributed by atoms with Crippen molar-refractivity contribution in [3.63, 3.8) is 0 Å². The van der Waals surface area contributed by atoms with E-state index >= 15 is 0 Å². The van der Waals surface area contributed by atoms with E-state index in [1.807, 2.05) is 32.0 Å². The van der Waals surface area contributed by atoms with Gasteiger partial charge in [0.05, 0.1) is 6.61 Å². The van der Waals surface area contributed by atoms with Gasteiger partial charge in [0.25, 0.3) is 0 Å². The molecule has 0 amide bonds. The van der Waals surface area contributed by atoms with Crippen LogP contribution >= 0.6 is 11.5 Å². The lowest BCUT2D eigenvalue weighted by atomic mass is 10.2. The molecule has 1 heterocycles. The van der Waals surface area contributed by atoms with Gasteiger partial charge in [-0.05, 0) is 31.5 Å². The van der Waals surface area contributed by atoms with E-state index in [-0.39, 0.29) is 0 Å². The van der Waals surface area contributed by atoms with Crippen molar-refractivity contribution in [2.24, 2.45) is 0 Å². The number of benzene rings is 1. The summed E-state index contributed by atoms with van der Waals surface area (Å²) < 4.78 is 9.57. The van der Waals surface area contributed by atoms with E-state index in [9.17, 15) is 0 Å². The van der Waals surface area contributed by atoms with Gasteiger partial charge in [0, 0.05) is 18.1 Å². The molecule has 5 heteroatoms. The summed E-state index contributed by atoms with van der Waals surface area (Å²) in [6, 6.07) is 8.04. The average Bonchev–Trinajstić information content (AvgIpc) is 2.74. The van der Waals surface area contributed by atoms with Crippen molar-refractivity contribution in [1.82, 2.24) is 9.36 Å². The maximum atomic E-state index is 5.45. The molecule has 0 atom stereocenters. The molecular weight excluding hydrogens is 234 g/mol. The molecule has 0 fully saturated rings. The third kappa shape index (κ3) is 3.42. The normalized spacial score (nSPS) is 10.2. The van der Waals surface area contributed by atoms with Crippen molar-refractivity contribution in [3.05, 3.63) is 35.7 Å². The molecule has 1 aromatic carbocycles. The highest BCUT2D eigenvalue weighted by molar-refractivity contribution is 7.09. The van der Waals surface area contributed by atoms with Crippen LogP contribution in [0.3, 0.4) is 0 Å². The van der Waals surface area contributed by atoms with E-state index in [1.54, 1.807) is 0 Å². The molecule has 0 aliphatic heterocycles. The Morgan fingerprint density at radius 1 is 1.41 bits per heavy atom. The van der Waals surface area contributed by atoms with Gasteiger partial charge >= 0.3 is 0 Å². The SMILES string of the molecule is CCOc1cccc(CNc2nc(C)ns2)c1. The second-order valence-corrected chi connectivity index (χ2v) is 4.33. The third-order valence-corrected chi connectivity index (χ3v) is 2.94. The van der Waals surface area contributed by atoms with Gasteiger partial charge in [-0.15, -0.1) is 0 Å². The van der Waals surface area contributed by atoms with Crippen molar-refractivity contribution < 1.29 is 4.74 Å². The van der Waals surface area contributed by atoms with Crippen molar-refractivity contribution in [1.29, 1.82) is 0 Å². The second kappa shape index (κ2) is 5.63. The van der Waals surface area contributed by atoms with E-state index in [4.69, 9.17) is 4.74 Å². The Morgan fingerprint density at radius 3 is 3.00 bits per heavy atom. The first kappa shape index (κ1) is 11.9. The standard InChI is InChI=1S/C12H15N3OS/c1-3-16-11-6-4-5-10(7-11)8-13-12-14-9(2)15-17-12/h4-7H,3,8H2,1-2H3,(H,13,14,15). The van der Waals surface area contributed by atoms with Crippen LogP contribution in [0.2, 0.25) is 0 Å². The first-order valence-electron chi connectivity index (χ1n) is 5.54. The van der Waals surface area contributed by atoms with Crippen molar-refractivity contribution >= 4 is 16.7 Å². The number of hydrogen-bond acceptors (Lipinski definition) is 5. The summed E-state index contributed by atoms with van der Waals surface area (Å²) in [6.45, 7) is 5.29. The zero-order valence-corrected chi connectivity index (χ0v) is 10.8. The Hall–Kier alpha value is -1.62. The molecule has 0 saturated heterocycles. The number of rotatable bonds is 5. The lowest BCUT2D eigenvalue weighted by Crippen LogP contribution is -1.99. The van der Waals surface area contributed by atoms with Gasteiger partial charge in [-0.1, -0.05) is 12.1 Å². The number of anilines is 1. The minimum Gasteiger partial charge on any atom is -0.494 e. The number of nitrogens with one attached hydrogen (secondary N) is 1. The van der Waals surface area contributed by atoms with Crippen molar-refractivity contribution in [3.8, 4) is 5.75 Å². The molecule has 0 saturated carbocycles. The van der Waals surface area contributed by atoms with Crippen LogP contribution in [-0.4, -0.2) is 16.0 Å². The maximum Gasteiger partial charge on any atom is 0.202 e. The number of nitrogens with zero attached hydrogens (tertiary/aromatic N) is 2. The third-order valence-electron chi connectivity index (χ3n) is 2.18. The summed E-state index contributed by atoms with van der Waals surface area (Å²) in [7, 11) is 0. The predicted octanol–water partition coefficient (Wildman–Crippen LogP) is 2.86. The zero-order chi connectivity index (χ0) is 12.1. The Balaban J connectivity index is 1.96. The van der Waals surface area contributed by atoms with Gasteiger partial charge in [0.15, 0.2) is 0 Å². The van der Waals surface area contributed by atoms with Gasteiger partial charge in [0.2, 0.25) is 5.13 Å². The fourth-order valence-electron chi connectivity index (χ4n) is 1.46. The van der Waals surface area contributed by atoms with Crippen molar-refractivity contribution in [2.75, 3.05) is 11.9 Å². The minimum atomic E-state index is 0.687. The molecule has 4 nitrogen and oxygen atoms in total. The Labute approximate surface area is 105 Å². The summed E-state index contributed by atoms with van der Waals surface area (Å²) >= 11 is 1.38. The van der Waals surface area contributed by atoms with E-state index < -0.39 is 0 Å². The van der Waals surface area contributed by atoms with Crippen LogP contribution in [0, 0.1) is 6.92 Å². The molecule has 0 aliphatic carbocycles. The quantitative estimate of drug-likeness (QED) is 0.885. The van der Waals surface area contributed by atoms with Gasteiger partial charge in [-0.2, -0.15) is 4.37 Å². The topological polar surface area (TPSA) is 47.0 Å². The van der Waals surface area contributed by atoms with Crippen LogP contribution in [0.25, 0.3) is 0 Å². The Kier molecular flexibility index (Phi) is 3.93. The number of aromatic nitrogens is 2. The second-order valence-electron chi connectivity index (χ2n) is 3.58. The largest absolute Gasteiger partial charge is 0.494 e. The highest BCUT2D eigenvalue weighted by Gasteiger charge is 2.00. The highest BCUT2D eigenvalue weighted by atomic mass is 32.1. The van der Waals surface area contributed by atoms with Gasteiger partial charge in [0.1, 0.15) is 11.6 Å². The fourth-order valence-corrected chi connectivity index (χ4v) is 2.03. The zero-order valence-electron chi connectivity index (χ0n) is 9.93. The van der Waals surface area contributed by atoms with E-state index in [1.165, 1.54) is 17.1 Å². The summed E-state index contributed by atoms with van der Waals surface area (Å²) in [6.07, 6.45) is 0. The summed E-state index contributed by atoms with van der Waals surface area (Å²) in [5, 5.41) is 4.09. The van der Waals surface area contributed by atoms with Crippen molar-refractivity contribution in [2.45, 2.75) is 20.4 Å². The molecule has 0 radical (unpaired) electrons. The van der Waals surface area contributed by atoms with Gasteiger partial charge in [-0.25, -0.2) is 4.98 Å². The molecule has 1 aromatic heterocycles. The summed E-state index contributed by atoms with van der Waals surface area (Å²) in [4.78, 5) is 4.25. The van der Waals surface area contributed by atoms with Crippen LogP contribution in [-0.2, 0) is 6.54 Å². The molecule has 1 N–H and O–H groups in total. The van der Waals surface area contributed by atoms with Crippen LogP contribution in [0.5, 0.6) is 5.75 Å². The number of ether oxygens (including phenoxy) is 1.